The second-order valence-electron chi connectivity index (χ2n) is 5.05. The third-order valence-electron chi connectivity index (χ3n) is 3.53. The maximum Gasteiger partial charge on any atom is 0.117 e. The fourth-order valence-electron chi connectivity index (χ4n) is 2.62. The molecule has 1 aromatic carbocycles. The Labute approximate surface area is 131 Å². The van der Waals surface area contributed by atoms with Crippen LogP contribution in [0.5, 0.6) is 0 Å². The summed E-state index contributed by atoms with van der Waals surface area (Å²) in [6, 6.07) is 12.5. The highest BCUT2D eigenvalue weighted by Gasteiger charge is 2.07. The zero-order chi connectivity index (χ0) is 13.8. The molecule has 0 unspecified atom stereocenters. The monoisotopic (exact) mass is 304 g/mol. The number of halogens is 1. The number of nitrogens with zero attached hydrogens (tertiary/aromatic N) is 1. The maximum atomic E-state index is 5.33. The van der Waals surface area contributed by atoms with Gasteiger partial charge in [0.25, 0.3) is 0 Å². The molecule has 0 radical (unpaired) electrons. The van der Waals surface area contributed by atoms with Crippen LogP contribution < -0.4 is 5.32 Å². The molecule has 3 aromatic rings. The average Bonchev–Trinajstić information content (AvgIpc) is 3.09. The number of furan rings is 1. The van der Waals surface area contributed by atoms with Crippen molar-refractivity contribution in [3.05, 3.63) is 60.2 Å². The molecule has 2 aromatic heterocycles. The van der Waals surface area contributed by atoms with Crippen LogP contribution in [0.15, 0.2) is 53.3 Å². The zero-order valence-electron chi connectivity index (χ0n) is 12.2. The van der Waals surface area contributed by atoms with Crippen LogP contribution in [0.3, 0.4) is 0 Å². The number of hydrogen-bond acceptors (Lipinski definition) is 2. The number of para-hydroxylation sites is 1. The van der Waals surface area contributed by atoms with Crippen molar-refractivity contribution in [2.45, 2.75) is 33.0 Å². The van der Waals surface area contributed by atoms with Gasteiger partial charge < -0.3 is 14.3 Å². The van der Waals surface area contributed by atoms with E-state index in [4.69, 9.17) is 4.42 Å². The molecule has 0 spiro atoms. The van der Waals surface area contributed by atoms with Crippen molar-refractivity contribution >= 4 is 23.3 Å². The fourth-order valence-corrected chi connectivity index (χ4v) is 2.62. The molecule has 3 nitrogen and oxygen atoms in total. The van der Waals surface area contributed by atoms with E-state index in [0.717, 1.165) is 31.8 Å². The molecule has 0 saturated carbocycles. The number of aryl methyl sites for hydroxylation is 1. The van der Waals surface area contributed by atoms with Crippen LogP contribution in [-0.4, -0.2) is 4.57 Å². The highest BCUT2D eigenvalue weighted by atomic mass is 35.5. The summed E-state index contributed by atoms with van der Waals surface area (Å²) in [4.78, 5) is 0. The molecule has 0 saturated heterocycles. The Morgan fingerprint density at radius 3 is 2.71 bits per heavy atom. The highest BCUT2D eigenvalue weighted by Crippen LogP contribution is 2.21. The van der Waals surface area contributed by atoms with Crippen LogP contribution >= 0.6 is 12.4 Å². The molecule has 0 bridgehead atoms. The number of nitrogens with one attached hydrogen (secondary N) is 1. The number of benzene rings is 1. The van der Waals surface area contributed by atoms with Crippen LogP contribution in [-0.2, 0) is 19.6 Å². The Morgan fingerprint density at radius 2 is 1.95 bits per heavy atom. The van der Waals surface area contributed by atoms with Gasteiger partial charge in [-0.05, 0) is 30.2 Å². The number of rotatable bonds is 6. The topological polar surface area (TPSA) is 30.1 Å². The van der Waals surface area contributed by atoms with E-state index in [0.29, 0.717) is 0 Å². The first kappa shape index (κ1) is 15.7. The Hall–Kier alpha value is -1.71. The van der Waals surface area contributed by atoms with Gasteiger partial charge in [-0.25, -0.2) is 0 Å². The van der Waals surface area contributed by atoms with Crippen molar-refractivity contribution in [2.75, 3.05) is 0 Å². The summed E-state index contributed by atoms with van der Waals surface area (Å²) in [6.07, 6.45) is 5.13. The summed E-state index contributed by atoms with van der Waals surface area (Å²) in [5, 5.41) is 4.79. The molecule has 3 rings (SSSR count). The van der Waals surface area contributed by atoms with Crippen LogP contribution in [0.2, 0.25) is 0 Å². The van der Waals surface area contributed by atoms with Gasteiger partial charge in [-0.1, -0.05) is 25.1 Å². The molecule has 112 valence electrons. The highest BCUT2D eigenvalue weighted by molar-refractivity contribution is 5.85. The molecular weight excluding hydrogens is 284 g/mol. The lowest BCUT2D eigenvalue weighted by molar-refractivity contribution is 0.483. The summed E-state index contributed by atoms with van der Waals surface area (Å²) in [5.41, 5.74) is 2.67. The van der Waals surface area contributed by atoms with Gasteiger partial charge in [0.1, 0.15) is 5.76 Å². The van der Waals surface area contributed by atoms with Gasteiger partial charge in [0.15, 0.2) is 0 Å². The molecule has 0 aliphatic carbocycles. The average molecular weight is 305 g/mol. The Morgan fingerprint density at radius 1 is 1.10 bits per heavy atom. The van der Waals surface area contributed by atoms with Gasteiger partial charge in [-0.15, -0.1) is 12.4 Å². The summed E-state index contributed by atoms with van der Waals surface area (Å²) >= 11 is 0. The Balaban J connectivity index is 0.00000161. The standard InChI is InChI=1S/C17H20N2O.ClH/c1-2-9-19-13-14(16-7-3-4-8-17(16)19)11-18-12-15-6-5-10-20-15;/h3-8,10,13,18H,2,9,11-12H2,1H3;1H. The summed E-state index contributed by atoms with van der Waals surface area (Å²) in [7, 11) is 0. The minimum absolute atomic E-state index is 0. The van der Waals surface area contributed by atoms with Crippen molar-refractivity contribution in [2.24, 2.45) is 0 Å². The van der Waals surface area contributed by atoms with Crippen molar-refractivity contribution in [1.82, 2.24) is 9.88 Å². The van der Waals surface area contributed by atoms with E-state index < -0.39 is 0 Å². The molecule has 0 amide bonds. The van der Waals surface area contributed by atoms with E-state index in [-0.39, 0.29) is 12.4 Å². The molecule has 0 aliphatic heterocycles. The normalized spacial score (nSPS) is 10.7. The molecule has 2 heterocycles. The zero-order valence-corrected chi connectivity index (χ0v) is 13.0. The molecule has 21 heavy (non-hydrogen) atoms. The lowest BCUT2D eigenvalue weighted by atomic mass is 10.2. The molecule has 0 aliphatic rings. The predicted octanol–water partition coefficient (Wildman–Crippen LogP) is 4.36. The second-order valence-corrected chi connectivity index (χ2v) is 5.05. The SMILES string of the molecule is CCCn1cc(CNCc2ccco2)c2ccccc21.Cl. The van der Waals surface area contributed by atoms with Gasteiger partial charge >= 0.3 is 0 Å². The van der Waals surface area contributed by atoms with Crippen molar-refractivity contribution in [1.29, 1.82) is 0 Å². The molecular formula is C17H21ClN2O. The summed E-state index contributed by atoms with van der Waals surface area (Å²) in [6.45, 7) is 4.90. The van der Waals surface area contributed by atoms with Crippen molar-refractivity contribution in [3.8, 4) is 0 Å². The van der Waals surface area contributed by atoms with Crippen LogP contribution in [0.4, 0.5) is 0 Å². The van der Waals surface area contributed by atoms with Gasteiger partial charge in [0.05, 0.1) is 12.8 Å². The largest absolute Gasteiger partial charge is 0.468 e. The lowest BCUT2D eigenvalue weighted by Crippen LogP contribution is -2.11. The Kier molecular flexibility index (Phi) is 5.48. The molecule has 4 heteroatoms. The van der Waals surface area contributed by atoms with E-state index in [2.05, 4.69) is 47.3 Å². The van der Waals surface area contributed by atoms with E-state index in [9.17, 15) is 0 Å². The fraction of sp³-hybridized carbons (Fsp3) is 0.294. The van der Waals surface area contributed by atoms with Gasteiger partial charge in [0, 0.05) is 30.2 Å². The van der Waals surface area contributed by atoms with Crippen molar-refractivity contribution in [3.63, 3.8) is 0 Å². The van der Waals surface area contributed by atoms with Gasteiger partial charge in [-0.2, -0.15) is 0 Å². The number of aromatic nitrogens is 1. The summed E-state index contributed by atoms with van der Waals surface area (Å²) < 4.78 is 7.68. The lowest BCUT2D eigenvalue weighted by Gasteiger charge is -2.01. The quantitative estimate of drug-likeness (QED) is 0.733. The van der Waals surface area contributed by atoms with Crippen LogP contribution in [0, 0.1) is 0 Å². The third kappa shape index (κ3) is 3.49. The number of hydrogen-bond donors (Lipinski definition) is 1. The second kappa shape index (κ2) is 7.34. The van der Waals surface area contributed by atoms with E-state index in [1.807, 2.05) is 12.1 Å². The molecule has 0 atom stereocenters. The van der Waals surface area contributed by atoms with Gasteiger partial charge in [-0.3, -0.25) is 0 Å². The number of fused-ring (bicyclic) bond motifs is 1. The minimum Gasteiger partial charge on any atom is -0.468 e. The van der Waals surface area contributed by atoms with Crippen LogP contribution in [0.25, 0.3) is 10.9 Å². The summed E-state index contributed by atoms with van der Waals surface area (Å²) in [5.74, 6) is 0.974. The smallest absolute Gasteiger partial charge is 0.117 e. The molecule has 0 fully saturated rings. The first-order chi connectivity index (χ1) is 9.88. The third-order valence-corrected chi connectivity index (χ3v) is 3.53. The van der Waals surface area contributed by atoms with Crippen molar-refractivity contribution < 1.29 is 4.42 Å². The minimum atomic E-state index is 0. The van der Waals surface area contributed by atoms with E-state index >= 15 is 0 Å². The maximum absolute atomic E-state index is 5.33. The Bertz CT molecular complexity index is 673. The molecule has 1 N–H and O–H groups in total. The van der Waals surface area contributed by atoms with Gasteiger partial charge in [0.2, 0.25) is 0 Å². The van der Waals surface area contributed by atoms with Crippen LogP contribution in [0.1, 0.15) is 24.7 Å². The first-order valence-corrected chi connectivity index (χ1v) is 7.18. The van der Waals surface area contributed by atoms with E-state index in [1.165, 1.54) is 16.5 Å². The predicted molar refractivity (Wildman–Crippen MR) is 88.7 cm³/mol. The first-order valence-electron chi connectivity index (χ1n) is 7.18. The van der Waals surface area contributed by atoms with E-state index in [1.54, 1.807) is 6.26 Å².